The Morgan fingerprint density at radius 1 is 1.00 bits per heavy atom. The molecule has 19 heavy (non-hydrogen) atoms. The third-order valence-electron chi connectivity index (χ3n) is 1.02. The summed E-state index contributed by atoms with van der Waals surface area (Å²) in [6, 6.07) is 0. The molecular weight excluding hydrogens is 304 g/mol. The molecule has 0 radical (unpaired) electrons. The van der Waals surface area contributed by atoms with Crippen LogP contribution in [-0.2, 0) is 35.5 Å². The zero-order valence-electron chi connectivity index (χ0n) is 11.5. The van der Waals surface area contributed by atoms with Crippen LogP contribution in [0.2, 0.25) is 19.6 Å². The van der Waals surface area contributed by atoms with Gasteiger partial charge in [0.05, 0.1) is 5.76 Å². The first-order chi connectivity index (χ1) is 8.45. The zero-order chi connectivity index (χ0) is 15.6. The monoisotopic (exact) mass is 322 g/mol. The normalized spacial score (nSPS) is 8.32. The van der Waals surface area contributed by atoms with Crippen molar-refractivity contribution in [3.8, 4) is 0 Å². The number of allylic oxidation sites excluding steroid dienone is 4. The summed E-state index contributed by atoms with van der Waals surface area (Å²) in [6.07, 6.45) is 7.75. The van der Waals surface area contributed by atoms with Gasteiger partial charge >= 0.3 is 33.9 Å². The summed E-state index contributed by atoms with van der Waals surface area (Å²) in [5.74, 6) is 0.757. The molecular formula is C13H18FeO4Si. The predicted octanol–water partition coefficient (Wildman–Crippen LogP) is 3.37. The molecule has 0 fully saturated rings. The van der Waals surface area contributed by atoms with Crippen molar-refractivity contribution in [2.75, 3.05) is 0 Å². The molecule has 0 aromatic heterocycles. The van der Waals surface area contributed by atoms with E-state index in [2.05, 4.69) is 46.2 Å². The molecule has 6 heteroatoms. The van der Waals surface area contributed by atoms with Crippen LogP contribution in [0.3, 0.4) is 0 Å². The van der Waals surface area contributed by atoms with E-state index in [0.29, 0.717) is 0 Å². The number of rotatable bonds is 4. The van der Waals surface area contributed by atoms with Crippen molar-refractivity contribution in [3.05, 3.63) is 56.6 Å². The molecule has 0 heterocycles. The van der Waals surface area contributed by atoms with Gasteiger partial charge in [0, 0.05) is 17.1 Å². The second kappa shape index (κ2) is 25.7. The summed E-state index contributed by atoms with van der Waals surface area (Å²) in [4.78, 5) is 0. The molecule has 0 aromatic rings. The maximum atomic E-state index is 7.50. The fourth-order valence-corrected chi connectivity index (χ4v) is 1.56. The molecule has 0 atom stereocenters. The van der Waals surface area contributed by atoms with Gasteiger partial charge in [-0.05, 0) is 32.6 Å². The molecule has 0 aromatic carbocycles. The van der Waals surface area contributed by atoms with Gasteiger partial charge < -0.3 is 4.43 Å². The predicted molar refractivity (Wildman–Crippen MR) is 69.3 cm³/mol. The van der Waals surface area contributed by atoms with Crippen molar-refractivity contribution < 1.29 is 35.5 Å². The molecule has 0 aliphatic rings. The maximum Gasteiger partial charge on any atom is 0 e. The third-order valence-corrected chi connectivity index (χ3v) is 1.90. The Labute approximate surface area is 127 Å². The first-order valence-electron chi connectivity index (χ1n) is 4.74. The first kappa shape index (κ1) is 30.8. The molecule has 0 rings (SSSR count). The van der Waals surface area contributed by atoms with Crippen LogP contribution >= 0.6 is 0 Å². The van der Waals surface area contributed by atoms with Gasteiger partial charge in [0.1, 0.15) is 0 Å². The zero-order valence-corrected chi connectivity index (χ0v) is 13.6. The molecule has 0 N–H and O–H groups in total. The fourth-order valence-electron chi connectivity index (χ4n) is 0.701. The standard InChI is InChI=1S/C10H18OSi.3CO.Fe/c1-6-7-8-9-10(2)11-12(3,4)5;3*1-2;/h6-9H,2H2,1,3-5H3;;;;/b7-6+,9-8+;;;;. The minimum absolute atomic E-state index is 0. The first-order valence-corrected chi connectivity index (χ1v) is 8.15. The van der Waals surface area contributed by atoms with Crippen molar-refractivity contribution in [1.82, 2.24) is 0 Å². The molecule has 106 valence electrons. The molecule has 4 nitrogen and oxygen atoms in total. The van der Waals surface area contributed by atoms with Gasteiger partial charge in [0.15, 0.2) is 0 Å². The van der Waals surface area contributed by atoms with E-state index < -0.39 is 8.32 Å². The van der Waals surface area contributed by atoms with E-state index in [-0.39, 0.29) is 17.1 Å². The molecule has 0 unspecified atom stereocenters. The van der Waals surface area contributed by atoms with Crippen LogP contribution in [0.1, 0.15) is 6.92 Å². The van der Waals surface area contributed by atoms with E-state index in [1.807, 2.05) is 31.2 Å². The molecule has 0 saturated carbocycles. The van der Waals surface area contributed by atoms with Gasteiger partial charge in [-0.2, -0.15) is 0 Å². The number of hydrogen-bond acceptors (Lipinski definition) is 1. The van der Waals surface area contributed by atoms with Crippen molar-refractivity contribution in [1.29, 1.82) is 0 Å². The van der Waals surface area contributed by atoms with Crippen LogP contribution in [0.25, 0.3) is 0 Å². The van der Waals surface area contributed by atoms with Crippen molar-refractivity contribution in [2.24, 2.45) is 0 Å². The van der Waals surface area contributed by atoms with Crippen LogP contribution in [0.5, 0.6) is 0 Å². The van der Waals surface area contributed by atoms with Crippen LogP contribution in [0.15, 0.2) is 36.6 Å². The minimum Gasteiger partial charge on any atom is 0 e. The Kier molecular flexibility index (Phi) is 41.7. The average molecular weight is 322 g/mol. The molecule has 0 bridgehead atoms. The van der Waals surface area contributed by atoms with E-state index in [0.717, 1.165) is 5.76 Å². The van der Waals surface area contributed by atoms with Gasteiger partial charge in [-0.15, -0.1) is 0 Å². The quantitative estimate of drug-likeness (QED) is 0.257. The average Bonchev–Trinajstić information content (AvgIpc) is 2.35. The Morgan fingerprint density at radius 2 is 1.37 bits per heavy atom. The molecule has 0 aliphatic carbocycles. The summed E-state index contributed by atoms with van der Waals surface area (Å²) in [5, 5.41) is 0. The van der Waals surface area contributed by atoms with Crippen LogP contribution in [0, 0.1) is 20.0 Å². The van der Waals surface area contributed by atoms with Gasteiger partial charge in [-0.25, -0.2) is 0 Å². The van der Waals surface area contributed by atoms with Gasteiger partial charge in [0.2, 0.25) is 8.32 Å². The summed E-state index contributed by atoms with van der Waals surface area (Å²) < 4.78 is 28.1. The smallest absolute Gasteiger partial charge is 0 e. The summed E-state index contributed by atoms with van der Waals surface area (Å²) in [6.45, 7) is 25.7. The van der Waals surface area contributed by atoms with Crippen LogP contribution in [0.4, 0.5) is 0 Å². The molecule has 0 amide bonds. The minimum atomic E-state index is -1.46. The van der Waals surface area contributed by atoms with Crippen molar-refractivity contribution in [3.63, 3.8) is 0 Å². The van der Waals surface area contributed by atoms with E-state index >= 15 is 0 Å². The Balaban J connectivity index is -0.0000000816. The third kappa shape index (κ3) is 47.3. The van der Waals surface area contributed by atoms with Gasteiger partial charge in [-0.1, -0.05) is 24.8 Å². The Bertz CT molecular complexity index is 295. The molecule has 0 aliphatic heterocycles. The van der Waals surface area contributed by atoms with Gasteiger partial charge in [0.25, 0.3) is 0 Å². The van der Waals surface area contributed by atoms with E-state index in [1.165, 1.54) is 0 Å². The molecule has 0 spiro atoms. The van der Waals surface area contributed by atoms with E-state index in [4.69, 9.17) is 18.4 Å². The summed E-state index contributed by atoms with van der Waals surface area (Å²) >= 11 is 0. The molecule has 0 saturated heterocycles. The maximum absolute atomic E-state index is 7.50. The van der Waals surface area contributed by atoms with Crippen molar-refractivity contribution in [2.45, 2.75) is 26.6 Å². The SMILES string of the molecule is C=C(/C=C/C=C/C)O[Si](C)(C)C.[C-]#[O+].[C-]#[O+].[C-]#[O+].[Fe]. The summed E-state index contributed by atoms with van der Waals surface area (Å²) in [7, 11) is -1.46. The topological polar surface area (TPSA) is 68.9 Å². The largest absolute Gasteiger partial charge is 0 e. The van der Waals surface area contributed by atoms with Crippen LogP contribution < -0.4 is 0 Å². The van der Waals surface area contributed by atoms with Crippen molar-refractivity contribution >= 4 is 8.32 Å². The van der Waals surface area contributed by atoms with E-state index in [9.17, 15) is 0 Å². The Hall–Kier alpha value is -1.02. The van der Waals surface area contributed by atoms with E-state index in [1.54, 1.807) is 0 Å². The second-order valence-corrected chi connectivity index (χ2v) is 7.99. The number of hydrogen-bond donors (Lipinski definition) is 0. The fraction of sp³-hybridized carbons (Fsp3) is 0.308. The van der Waals surface area contributed by atoms with Gasteiger partial charge in [-0.3, -0.25) is 0 Å². The second-order valence-electron chi connectivity index (χ2n) is 3.57. The Morgan fingerprint density at radius 3 is 1.63 bits per heavy atom. The van der Waals surface area contributed by atoms with Crippen LogP contribution in [-0.4, -0.2) is 8.32 Å². The summed E-state index contributed by atoms with van der Waals surface area (Å²) in [5.41, 5.74) is 0.